The minimum atomic E-state index is -0.176. The molecule has 0 saturated heterocycles. The molecule has 5 nitrogen and oxygen atoms in total. The number of aromatic nitrogens is 2. The van der Waals surface area contributed by atoms with Gasteiger partial charge >= 0.3 is 0 Å². The van der Waals surface area contributed by atoms with Gasteiger partial charge < -0.3 is 15.0 Å². The summed E-state index contributed by atoms with van der Waals surface area (Å²) < 4.78 is 10.7. The van der Waals surface area contributed by atoms with Crippen LogP contribution in [0.15, 0.2) is 4.52 Å². The van der Waals surface area contributed by atoms with Gasteiger partial charge in [-0.2, -0.15) is 4.98 Å². The summed E-state index contributed by atoms with van der Waals surface area (Å²) in [4.78, 5) is 4.29. The van der Waals surface area contributed by atoms with Crippen molar-refractivity contribution in [3.63, 3.8) is 0 Å². The Hall–Kier alpha value is -0.940. The van der Waals surface area contributed by atoms with Crippen LogP contribution in [-0.4, -0.2) is 16.7 Å². The van der Waals surface area contributed by atoms with E-state index < -0.39 is 0 Å². The molecule has 1 heterocycles. The van der Waals surface area contributed by atoms with Crippen LogP contribution in [0, 0.1) is 0 Å². The van der Waals surface area contributed by atoms with Gasteiger partial charge in [0.05, 0.1) is 6.04 Å². The highest BCUT2D eigenvalue weighted by molar-refractivity contribution is 4.94. The van der Waals surface area contributed by atoms with Gasteiger partial charge in [-0.15, -0.1) is 0 Å². The Bertz CT molecular complexity index is 295. The van der Waals surface area contributed by atoms with E-state index in [0.29, 0.717) is 18.3 Å². The highest BCUT2D eigenvalue weighted by Gasteiger charge is 2.19. The van der Waals surface area contributed by atoms with Crippen LogP contribution in [0.3, 0.4) is 0 Å². The van der Waals surface area contributed by atoms with Gasteiger partial charge in [-0.3, -0.25) is 0 Å². The average molecular weight is 227 g/mol. The second-order valence-electron chi connectivity index (χ2n) is 3.74. The Kier molecular flexibility index (Phi) is 5.42. The van der Waals surface area contributed by atoms with Crippen molar-refractivity contribution in [1.29, 1.82) is 0 Å². The third-order valence-electron chi connectivity index (χ3n) is 2.42. The molecule has 1 aromatic rings. The fourth-order valence-corrected chi connectivity index (χ4v) is 1.45. The first kappa shape index (κ1) is 13.1. The molecule has 2 atom stereocenters. The van der Waals surface area contributed by atoms with Gasteiger partial charge in [0.1, 0.15) is 6.10 Å². The molecule has 0 aromatic carbocycles. The Morgan fingerprint density at radius 2 is 2.12 bits per heavy atom. The van der Waals surface area contributed by atoms with Gasteiger partial charge in [0.2, 0.25) is 11.7 Å². The van der Waals surface area contributed by atoms with Crippen LogP contribution in [0.25, 0.3) is 0 Å². The number of hydrogen-bond donors (Lipinski definition) is 1. The van der Waals surface area contributed by atoms with E-state index in [-0.39, 0.29) is 12.1 Å². The molecule has 1 aromatic heterocycles. The van der Waals surface area contributed by atoms with Crippen molar-refractivity contribution in [3.05, 3.63) is 11.7 Å². The van der Waals surface area contributed by atoms with E-state index in [1.54, 1.807) is 0 Å². The first-order chi connectivity index (χ1) is 7.72. The minimum absolute atomic E-state index is 0.0726. The Morgan fingerprint density at radius 1 is 1.38 bits per heavy atom. The molecule has 2 N–H and O–H groups in total. The molecule has 0 spiro atoms. The van der Waals surface area contributed by atoms with Crippen molar-refractivity contribution in [3.8, 4) is 0 Å². The van der Waals surface area contributed by atoms with E-state index in [1.165, 1.54) is 0 Å². The van der Waals surface area contributed by atoms with Crippen LogP contribution in [0.1, 0.15) is 63.9 Å². The number of nitrogens with zero attached hydrogens (tertiary/aromatic N) is 2. The van der Waals surface area contributed by atoms with Gasteiger partial charge in [-0.25, -0.2) is 0 Å². The van der Waals surface area contributed by atoms with Crippen LogP contribution in [0.2, 0.25) is 0 Å². The summed E-state index contributed by atoms with van der Waals surface area (Å²) in [5.74, 6) is 1.11. The molecule has 0 aliphatic heterocycles. The SMILES string of the molecule is CCCC(OCC)c1noc([C@H](N)CC)n1. The van der Waals surface area contributed by atoms with Crippen molar-refractivity contribution in [1.82, 2.24) is 10.1 Å². The second kappa shape index (κ2) is 6.60. The normalized spacial score (nSPS) is 15.0. The predicted octanol–water partition coefficient (Wildman–Crippen LogP) is 2.36. The summed E-state index contributed by atoms with van der Waals surface area (Å²) in [5, 5.41) is 3.93. The summed E-state index contributed by atoms with van der Waals surface area (Å²) in [7, 11) is 0. The highest BCUT2D eigenvalue weighted by atomic mass is 16.5. The van der Waals surface area contributed by atoms with Gasteiger partial charge in [0.25, 0.3) is 0 Å². The molecule has 0 aliphatic rings. The Morgan fingerprint density at radius 3 is 2.69 bits per heavy atom. The van der Waals surface area contributed by atoms with Gasteiger partial charge in [-0.1, -0.05) is 25.4 Å². The van der Waals surface area contributed by atoms with Crippen molar-refractivity contribution in [2.75, 3.05) is 6.61 Å². The van der Waals surface area contributed by atoms with E-state index >= 15 is 0 Å². The van der Waals surface area contributed by atoms with Gasteiger partial charge in [0, 0.05) is 6.61 Å². The maximum atomic E-state index is 5.82. The van der Waals surface area contributed by atoms with Crippen molar-refractivity contribution < 1.29 is 9.26 Å². The lowest BCUT2D eigenvalue weighted by atomic mass is 10.2. The Balaban J connectivity index is 2.72. The highest BCUT2D eigenvalue weighted by Crippen LogP contribution is 2.21. The molecule has 0 saturated carbocycles. The van der Waals surface area contributed by atoms with Crippen LogP contribution in [-0.2, 0) is 4.74 Å². The molecule has 0 aliphatic carbocycles. The maximum absolute atomic E-state index is 5.82. The lowest BCUT2D eigenvalue weighted by Crippen LogP contribution is -2.10. The molecule has 5 heteroatoms. The average Bonchev–Trinajstić information content (AvgIpc) is 2.77. The summed E-state index contributed by atoms with van der Waals surface area (Å²) in [6.45, 7) is 6.70. The van der Waals surface area contributed by atoms with Crippen LogP contribution in [0.4, 0.5) is 0 Å². The molecule has 16 heavy (non-hydrogen) atoms. The van der Waals surface area contributed by atoms with Crippen molar-refractivity contribution >= 4 is 0 Å². The van der Waals surface area contributed by atoms with E-state index in [2.05, 4.69) is 17.1 Å². The number of hydrogen-bond acceptors (Lipinski definition) is 5. The fraction of sp³-hybridized carbons (Fsp3) is 0.818. The van der Waals surface area contributed by atoms with Gasteiger partial charge in [0.15, 0.2) is 0 Å². The van der Waals surface area contributed by atoms with E-state index in [0.717, 1.165) is 19.3 Å². The molecule has 0 amide bonds. The standard InChI is InChI=1S/C11H21N3O2/c1-4-7-9(15-6-3)10-13-11(16-14-10)8(12)5-2/h8-9H,4-7,12H2,1-3H3/t8-,9?/m1/s1. The lowest BCUT2D eigenvalue weighted by Gasteiger charge is -2.11. The summed E-state index contributed by atoms with van der Waals surface area (Å²) in [5.41, 5.74) is 5.82. The minimum Gasteiger partial charge on any atom is -0.370 e. The molecule has 1 unspecified atom stereocenters. The van der Waals surface area contributed by atoms with Crippen LogP contribution in [0.5, 0.6) is 0 Å². The molecule has 0 fully saturated rings. The van der Waals surface area contributed by atoms with Crippen LogP contribution >= 0.6 is 0 Å². The second-order valence-corrected chi connectivity index (χ2v) is 3.74. The molecule has 0 radical (unpaired) electrons. The molecule has 0 bridgehead atoms. The topological polar surface area (TPSA) is 74.2 Å². The quantitative estimate of drug-likeness (QED) is 0.774. The first-order valence-electron chi connectivity index (χ1n) is 5.93. The maximum Gasteiger partial charge on any atom is 0.243 e. The summed E-state index contributed by atoms with van der Waals surface area (Å²) >= 11 is 0. The van der Waals surface area contributed by atoms with E-state index in [1.807, 2.05) is 13.8 Å². The van der Waals surface area contributed by atoms with Crippen molar-refractivity contribution in [2.45, 2.75) is 52.2 Å². The smallest absolute Gasteiger partial charge is 0.243 e. The largest absolute Gasteiger partial charge is 0.370 e. The third kappa shape index (κ3) is 3.28. The monoisotopic (exact) mass is 227 g/mol. The lowest BCUT2D eigenvalue weighted by molar-refractivity contribution is 0.0477. The summed E-state index contributed by atoms with van der Waals surface area (Å²) in [6, 6.07) is -0.176. The van der Waals surface area contributed by atoms with Crippen molar-refractivity contribution in [2.24, 2.45) is 5.73 Å². The summed E-state index contributed by atoms with van der Waals surface area (Å²) in [6.07, 6.45) is 2.63. The number of ether oxygens (including phenoxy) is 1. The van der Waals surface area contributed by atoms with Gasteiger partial charge in [-0.05, 0) is 19.8 Å². The zero-order valence-corrected chi connectivity index (χ0v) is 10.3. The Labute approximate surface area is 96.4 Å². The first-order valence-corrected chi connectivity index (χ1v) is 5.93. The van der Waals surface area contributed by atoms with E-state index in [4.69, 9.17) is 15.0 Å². The predicted molar refractivity (Wildman–Crippen MR) is 60.8 cm³/mol. The van der Waals surface area contributed by atoms with Crippen LogP contribution < -0.4 is 5.73 Å². The third-order valence-corrected chi connectivity index (χ3v) is 2.42. The zero-order valence-electron chi connectivity index (χ0n) is 10.3. The number of rotatable bonds is 7. The molecule has 1 rings (SSSR count). The molecular formula is C11H21N3O2. The van der Waals surface area contributed by atoms with E-state index in [9.17, 15) is 0 Å². The zero-order chi connectivity index (χ0) is 12.0. The molecular weight excluding hydrogens is 206 g/mol. The number of nitrogens with two attached hydrogens (primary N) is 1. The fourth-order valence-electron chi connectivity index (χ4n) is 1.45. The molecule has 92 valence electrons.